The molecule has 16 heavy (non-hydrogen) atoms. The second kappa shape index (κ2) is 5.94. The Balaban J connectivity index is 1.70. The molecule has 2 heterocycles. The first-order valence-corrected chi connectivity index (χ1v) is 6.80. The molecule has 2 aliphatic heterocycles. The number of nitrogens with zero attached hydrogens (tertiary/aromatic N) is 1. The fraction of sp³-hybridized carbons (Fsp3) is 0.917. The summed E-state index contributed by atoms with van der Waals surface area (Å²) in [4.78, 5) is 3.21. The molecule has 4 heteroatoms. The zero-order chi connectivity index (χ0) is 11.4. The molecule has 2 aliphatic rings. The van der Waals surface area contributed by atoms with Gasteiger partial charge in [0.1, 0.15) is 0 Å². The molecular formula is C12H22N2OS. The minimum atomic E-state index is 0.468. The van der Waals surface area contributed by atoms with E-state index >= 15 is 0 Å². The van der Waals surface area contributed by atoms with Crippen LogP contribution in [0, 0.1) is 5.92 Å². The molecule has 2 rings (SSSR count). The predicted octanol–water partition coefficient (Wildman–Crippen LogP) is 1.55. The second-order valence-electron chi connectivity index (χ2n) is 4.97. The van der Waals surface area contributed by atoms with Crippen LogP contribution in [-0.4, -0.2) is 42.2 Å². The normalized spacial score (nSPS) is 29.1. The topological polar surface area (TPSA) is 38.5 Å². The van der Waals surface area contributed by atoms with Crippen LogP contribution >= 0.6 is 12.2 Å². The number of nitrogens with two attached hydrogens (primary N) is 1. The zero-order valence-electron chi connectivity index (χ0n) is 9.86. The van der Waals surface area contributed by atoms with Crippen molar-refractivity contribution in [1.29, 1.82) is 0 Å². The summed E-state index contributed by atoms with van der Waals surface area (Å²) < 4.78 is 5.76. The summed E-state index contributed by atoms with van der Waals surface area (Å²) in [7, 11) is 0. The van der Waals surface area contributed by atoms with E-state index in [2.05, 4.69) is 4.90 Å². The van der Waals surface area contributed by atoms with Crippen molar-refractivity contribution in [1.82, 2.24) is 4.90 Å². The second-order valence-corrected chi connectivity index (χ2v) is 5.44. The Labute approximate surface area is 103 Å². The van der Waals surface area contributed by atoms with Gasteiger partial charge in [0, 0.05) is 19.1 Å². The maximum Gasteiger partial charge on any atom is 0.0759 e. The first-order valence-electron chi connectivity index (χ1n) is 6.39. The molecule has 1 atom stereocenters. The first kappa shape index (κ1) is 12.3. The van der Waals surface area contributed by atoms with Gasteiger partial charge in [-0.25, -0.2) is 0 Å². The van der Waals surface area contributed by atoms with Crippen molar-refractivity contribution < 1.29 is 4.74 Å². The van der Waals surface area contributed by atoms with Gasteiger partial charge in [-0.2, -0.15) is 0 Å². The summed E-state index contributed by atoms with van der Waals surface area (Å²) >= 11 is 5.05. The van der Waals surface area contributed by atoms with Gasteiger partial charge in [0.2, 0.25) is 0 Å². The molecule has 0 radical (unpaired) electrons. The SMILES string of the molecule is NC(=S)C1CCN(CC2CCCCO2)CC1. The van der Waals surface area contributed by atoms with Crippen molar-refractivity contribution in [3.63, 3.8) is 0 Å². The molecule has 1 unspecified atom stereocenters. The van der Waals surface area contributed by atoms with Crippen molar-refractivity contribution in [3.05, 3.63) is 0 Å². The summed E-state index contributed by atoms with van der Waals surface area (Å²) in [6.07, 6.45) is 6.52. The van der Waals surface area contributed by atoms with E-state index in [1.165, 1.54) is 19.3 Å². The lowest BCUT2D eigenvalue weighted by atomic mass is 9.96. The van der Waals surface area contributed by atoms with E-state index in [-0.39, 0.29) is 0 Å². The Morgan fingerprint density at radius 3 is 2.56 bits per heavy atom. The summed E-state index contributed by atoms with van der Waals surface area (Å²) in [6.45, 7) is 4.31. The van der Waals surface area contributed by atoms with Crippen LogP contribution < -0.4 is 5.73 Å². The van der Waals surface area contributed by atoms with Gasteiger partial charge in [-0.15, -0.1) is 0 Å². The van der Waals surface area contributed by atoms with Crippen molar-refractivity contribution in [2.45, 2.75) is 38.2 Å². The van der Waals surface area contributed by atoms with Gasteiger partial charge in [0.15, 0.2) is 0 Å². The van der Waals surface area contributed by atoms with Crippen molar-refractivity contribution in [2.75, 3.05) is 26.2 Å². The molecule has 0 aromatic heterocycles. The minimum Gasteiger partial charge on any atom is -0.393 e. The third kappa shape index (κ3) is 3.40. The molecule has 0 aromatic carbocycles. The Hall–Kier alpha value is -0.190. The van der Waals surface area contributed by atoms with E-state index in [9.17, 15) is 0 Å². The summed E-state index contributed by atoms with van der Waals surface area (Å²) in [6, 6.07) is 0. The van der Waals surface area contributed by atoms with Gasteiger partial charge in [-0.05, 0) is 45.2 Å². The predicted molar refractivity (Wildman–Crippen MR) is 69.5 cm³/mol. The molecular weight excluding hydrogens is 220 g/mol. The van der Waals surface area contributed by atoms with Gasteiger partial charge in [0.25, 0.3) is 0 Å². The van der Waals surface area contributed by atoms with Crippen molar-refractivity contribution in [2.24, 2.45) is 11.7 Å². The number of hydrogen-bond donors (Lipinski definition) is 1. The quantitative estimate of drug-likeness (QED) is 0.762. The summed E-state index contributed by atoms with van der Waals surface area (Å²) in [5, 5.41) is 0. The Morgan fingerprint density at radius 1 is 1.25 bits per heavy atom. The molecule has 0 spiro atoms. The number of hydrogen-bond acceptors (Lipinski definition) is 3. The van der Waals surface area contributed by atoms with E-state index in [0.717, 1.165) is 39.1 Å². The van der Waals surface area contributed by atoms with Crippen LogP contribution in [0.4, 0.5) is 0 Å². The monoisotopic (exact) mass is 242 g/mol. The van der Waals surface area contributed by atoms with Crippen LogP contribution in [0.5, 0.6) is 0 Å². The van der Waals surface area contributed by atoms with E-state index in [4.69, 9.17) is 22.7 Å². The summed E-state index contributed by atoms with van der Waals surface area (Å²) in [5.74, 6) is 0.471. The Kier molecular flexibility index (Phi) is 4.55. The Morgan fingerprint density at radius 2 is 2.00 bits per heavy atom. The van der Waals surface area contributed by atoms with Crippen molar-refractivity contribution in [3.8, 4) is 0 Å². The zero-order valence-corrected chi connectivity index (χ0v) is 10.7. The first-order chi connectivity index (χ1) is 7.75. The van der Waals surface area contributed by atoms with Crippen LogP contribution in [0.15, 0.2) is 0 Å². The van der Waals surface area contributed by atoms with E-state index < -0.39 is 0 Å². The highest BCUT2D eigenvalue weighted by atomic mass is 32.1. The van der Waals surface area contributed by atoms with Crippen molar-refractivity contribution >= 4 is 17.2 Å². The average molecular weight is 242 g/mol. The van der Waals surface area contributed by atoms with E-state index in [1.54, 1.807) is 0 Å². The highest BCUT2D eigenvalue weighted by molar-refractivity contribution is 7.80. The van der Waals surface area contributed by atoms with Crippen LogP contribution in [-0.2, 0) is 4.74 Å². The standard InChI is InChI=1S/C12H22N2OS/c13-12(16)10-4-6-14(7-5-10)9-11-3-1-2-8-15-11/h10-11H,1-9H2,(H2,13,16). The van der Waals surface area contributed by atoms with Gasteiger partial charge in [0.05, 0.1) is 11.1 Å². The molecule has 0 bridgehead atoms. The molecule has 0 saturated carbocycles. The van der Waals surface area contributed by atoms with E-state index in [0.29, 0.717) is 17.0 Å². The number of rotatable bonds is 3. The molecule has 92 valence electrons. The molecule has 0 aliphatic carbocycles. The fourth-order valence-electron chi connectivity index (χ4n) is 2.64. The van der Waals surface area contributed by atoms with Crippen LogP contribution in [0.2, 0.25) is 0 Å². The molecule has 2 N–H and O–H groups in total. The van der Waals surface area contributed by atoms with Crippen LogP contribution in [0.3, 0.4) is 0 Å². The number of ether oxygens (including phenoxy) is 1. The molecule has 0 amide bonds. The minimum absolute atomic E-state index is 0.468. The maximum atomic E-state index is 5.76. The number of thiocarbonyl (C=S) groups is 1. The van der Waals surface area contributed by atoms with E-state index in [1.807, 2.05) is 0 Å². The third-order valence-corrected chi connectivity index (χ3v) is 4.06. The third-order valence-electron chi connectivity index (χ3n) is 3.73. The smallest absolute Gasteiger partial charge is 0.0759 e. The van der Waals surface area contributed by atoms with Crippen LogP contribution in [0.25, 0.3) is 0 Å². The van der Waals surface area contributed by atoms with Gasteiger partial charge in [-0.1, -0.05) is 12.2 Å². The lowest BCUT2D eigenvalue weighted by molar-refractivity contribution is -0.00972. The lowest BCUT2D eigenvalue weighted by Crippen LogP contribution is -2.42. The average Bonchev–Trinajstić information content (AvgIpc) is 2.31. The largest absolute Gasteiger partial charge is 0.393 e. The molecule has 0 aromatic rings. The highest BCUT2D eigenvalue weighted by Gasteiger charge is 2.24. The molecule has 2 fully saturated rings. The summed E-state index contributed by atoms with van der Waals surface area (Å²) in [5.41, 5.74) is 5.69. The highest BCUT2D eigenvalue weighted by Crippen LogP contribution is 2.20. The maximum absolute atomic E-state index is 5.76. The van der Waals surface area contributed by atoms with Gasteiger partial charge in [-0.3, -0.25) is 0 Å². The van der Waals surface area contributed by atoms with Crippen LogP contribution in [0.1, 0.15) is 32.1 Å². The van der Waals surface area contributed by atoms with Gasteiger partial charge >= 0.3 is 0 Å². The molecule has 3 nitrogen and oxygen atoms in total. The number of piperidine rings is 1. The lowest BCUT2D eigenvalue weighted by Gasteiger charge is -2.34. The van der Waals surface area contributed by atoms with Gasteiger partial charge < -0.3 is 15.4 Å². The fourth-order valence-corrected chi connectivity index (χ4v) is 2.88. The Bertz CT molecular complexity index is 233. The molecule has 2 saturated heterocycles. The number of likely N-dealkylation sites (tertiary alicyclic amines) is 1.